The van der Waals surface area contributed by atoms with Crippen LogP contribution in [0.4, 0.5) is 5.69 Å². The highest BCUT2D eigenvalue weighted by Crippen LogP contribution is 2.38. The molecular weight excluding hydrogens is 456 g/mol. The standard InChI is InChI=1S/C21H21ClN4O3S2/c1-13-5-10-17(12-14(13)2)31(28,29)26-11-3-4-18(26)20-24-25-21(30-20)19(27)23-16-8-6-15(22)7-9-16/h5-10,12,18H,3-4,11H2,1-2H3,(H,23,27). The lowest BCUT2D eigenvalue weighted by molar-refractivity contribution is 0.102. The average molecular weight is 477 g/mol. The van der Waals surface area contributed by atoms with Gasteiger partial charge in [-0.25, -0.2) is 8.42 Å². The maximum absolute atomic E-state index is 13.3. The molecule has 0 radical (unpaired) electrons. The van der Waals surface area contributed by atoms with Crippen molar-refractivity contribution in [1.82, 2.24) is 14.5 Å². The molecule has 0 spiro atoms. The van der Waals surface area contributed by atoms with Crippen molar-refractivity contribution in [2.75, 3.05) is 11.9 Å². The fourth-order valence-corrected chi connectivity index (χ4v) is 6.29. The molecule has 1 aliphatic rings. The third-order valence-corrected chi connectivity index (χ3v) is 8.49. The zero-order valence-corrected chi connectivity index (χ0v) is 19.4. The normalized spacial score (nSPS) is 17.1. The first-order chi connectivity index (χ1) is 14.8. The van der Waals surface area contributed by atoms with E-state index in [9.17, 15) is 13.2 Å². The van der Waals surface area contributed by atoms with Crippen LogP contribution in [0.3, 0.4) is 0 Å². The number of benzene rings is 2. The summed E-state index contributed by atoms with van der Waals surface area (Å²) in [6.45, 7) is 4.25. The van der Waals surface area contributed by atoms with Gasteiger partial charge in [-0.2, -0.15) is 4.31 Å². The van der Waals surface area contributed by atoms with Gasteiger partial charge >= 0.3 is 0 Å². The summed E-state index contributed by atoms with van der Waals surface area (Å²) < 4.78 is 28.0. The van der Waals surface area contributed by atoms with Crippen LogP contribution in [-0.2, 0) is 10.0 Å². The van der Waals surface area contributed by atoms with Gasteiger partial charge in [0.15, 0.2) is 0 Å². The lowest BCUT2D eigenvalue weighted by atomic mass is 10.1. The Morgan fingerprint density at radius 2 is 1.87 bits per heavy atom. The third kappa shape index (κ3) is 4.50. The van der Waals surface area contributed by atoms with Crippen molar-refractivity contribution in [3.8, 4) is 0 Å². The minimum absolute atomic E-state index is 0.181. The summed E-state index contributed by atoms with van der Waals surface area (Å²) in [6, 6.07) is 11.5. The molecule has 0 bridgehead atoms. The number of nitrogens with zero attached hydrogens (tertiary/aromatic N) is 3. The number of hydrogen-bond donors (Lipinski definition) is 1. The topological polar surface area (TPSA) is 92.3 Å². The molecule has 10 heteroatoms. The summed E-state index contributed by atoms with van der Waals surface area (Å²) in [5, 5.41) is 12.2. The zero-order chi connectivity index (χ0) is 22.2. The van der Waals surface area contributed by atoms with Gasteiger partial charge in [-0.05, 0) is 74.2 Å². The summed E-state index contributed by atoms with van der Waals surface area (Å²) >= 11 is 6.98. The summed E-state index contributed by atoms with van der Waals surface area (Å²) in [5.41, 5.74) is 2.55. The van der Waals surface area contributed by atoms with Gasteiger partial charge < -0.3 is 5.32 Å². The summed E-state index contributed by atoms with van der Waals surface area (Å²) in [6.07, 6.45) is 1.36. The van der Waals surface area contributed by atoms with Crippen LogP contribution in [0.1, 0.15) is 44.8 Å². The molecule has 1 aromatic heterocycles. The van der Waals surface area contributed by atoms with Crippen molar-refractivity contribution in [1.29, 1.82) is 0 Å². The molecule has 1 saturated heterocycles. The second-order valence-electron chi connectivity index (χ2n) is 7.43. The van der Waals surface area contributed by atoms with E-state index in [0.29, 0.717) is 28.7 Å². The van der Waals surface area contributed by atoms with Gasteiger partial charge in [0.25, 0.3) is 5.91 Å². The largest absolute Gasteiger partial charge is 0.320 e. The molecule has 7 nitrogen and oxygen atoms in total. The minimum Gasteiger partial charge on any atom is -0.320 e. The molecule has 1 amide bonds. The second kappa shape index (κ2) is 8.66. The van der Waals surface area contributed by atoms with E-state index in [2.05, 4.69) is 15.5 Å². The molecule has 0 saturated carbocycles. The smallest absolute Gasteiger partial charge is 0.286 e. The van der Waals surface area contributed by atoms with Crippen molar-refractivity contribution in [3.05, 3.63) is 68.6 Å². The Labute approximate surface area is 190 Å². The Hall–Kier alpha value is -2.33. The molecule has 162 valence electrons. The quantitative estimate of drug-likeness (QED) is 0.581. The maximum atomic E-state index is 13.3. The predicted octanol–water partition coefficient (Wildman–Crippen LogP) is 4.59. The molecular formula is C21H21ClN4O3S2. The van der Waals surface area contributed by atoms with E-state index in [4.69, 9.17) is 11.6 Å². The van der Waals surface area contributed by atoms with E-state index in [1.165, 1.54) is 4.31 Å². The first-order valence-electron chi connectivity index (χ1n) is 9.75. The number of amides is 1. The first-order valence-corrected chi connectivity index (χ1v) is 12.4. The lowest BCUT2D eigenvalue weighted by Gasteiger charge is -2.22. The summed E-state index contributed by atoms with van der Waals surface area (Å²) in [4.78, 5) is 12.8. The number of nitrogens with one attached hydrogen (secondary N) is 1. The number of carbonyl (C=O) groups is 1. The van der Waals surface area contributed by atoms with E-state index in [1.54, 1.807) is 36.4 Å². The number of anilines is 1. The van der Waals surface area contributed by atoms with E-state index in [1.807, 2.05) is 19.9 Å². The number of rotatable bonds is 5. The molecule has 3 aromatic rings. The van der Waals surface area contributed by atoms with Gasteiger partial charge in [0, 0.05) is 17.3 Å². The molecule has 1 N–H and O–H groups in total. The Morgan fingerprint density at radius 3 is 2.58 bits per heavy atom. The van der Waals surface area contributed by atoms with E-state index >= 15 is 0 Å². The molecule has 1 unspecified atom stereocenters. The molecule has 1 atom stereocenters. The monoisotopic (exact) mass is 476 g/mol. The van der Waals surface area contributed by atoms with Gasteiger partial charge in [0.1, 0.15) is 5.01 Å². The van der Waals surface area contributed by atoms with Crippen LogP contribution in [0, 0.1) is 13.8 Å². The van der Waals surface area contributed by atoms with Gasteiger partial charge in [-0.15, -0.1) is 10.2 Å². The first kappa shape index (κ1) is 21.9. The number of hydrogen-bond acceptors (Lipinski definition) is 6. The molecule has 1 aliphatic heterocycles. The molecule has 4 rings (SSSR count). The fourth-order valence-electron chi connectivity index (χ4n) is 3.46. The van der Waals surface area contributed by atoms with Crippen LogP contribution in [0.5, 0.6) is 0 Å². The number of aryl methyl sites for hydroxylation is 2. The van der Waals surface area contributed by atoms with Crippen molar-refractivity contribution in [2.24, 2.45) is 0 Å². The molecule has 31 heavy (non-hydrogen) atoms. The Kier molecular flexibility index (Phi) is 6.11. The molecule has 0 aliphatic carbocycles. The third-order valence-electron chi connectivity index (χ3n) is 5.31. The van der Waals surface area contributed by atoms with Crippen molar-refractivity contribution < 1.29 is 13.2 Å². The Bertz CT molecular complexity index is 1230. The van der Waals surface area contributed by atoms with Gasteiger partial charge in [-0.3, -0.25) is 4.79 Å². The Morgan fingerprint density at radius 1 is 1.13 bits per heavy atom. The number of sulfonamides is 1. The van der Waals surface area contributed by atoms with Crippen LogP contribution in [0.15, 0.2) is 47.4 Å². The van der Waals surface area contributed by atoms with Crippen LogP contribution in [0.2, 0.25) is 5.02 Å². The predicted molar refractivity (Wildman–Crippen MR) is 121 cm³/mol. The highest BCUT2D eigenvalue weighted by molar-refractivity contribution is 7.89. The van der Waals surface area contributed by atoms with Crippen molar-refractivity contribution in [2.45, 2.75) is 37.6 Å². The summed E-state index contributed by atoms with van der Waals surface area (Å²) in [7, 11) is -3.68. The highest BCUT2D eigenvalue weighted by atomic mass is 35.5. The van der Waals surface area contributed by atoms with E-state index < -0.39 is 22.0 Å². The number of halogens is 1. The zero-order valence-electron chi connectivity index (χ0n) is 17.0. The van der Waals surface area contributed by atoms with Crippen LogP contribution in [0.25, 0.3) is 0 Å². The minimum atomic E-state index is -3.68. The van der Waals surface area contributed by atoms with Crippen molar-refractivity contribution >= 4 is 44.6 Å². The van der Waals surface area contributed by atoms with Crippen LogP contribution < -0.4 is 5.32 Å². The lowest BCUT2D eigenvalue weighted by Crippen LogP contribution is -2.30. The average Bonchev–Trinajstić information content (AvgIpc) is 3.41. The van der Waals surface area contributed by atoms with E-state index in [-0.39, 0.29) is 9.90 Å². The van der Waals surface area contributed by atoms with Crippen LogP contribution >= 0.6 is 22.9 Å². The van der Waals surface area contributed by atoms with E-state index in [0.717, 1.165) is 28.9 Å². The van der Waals surface area contributed by atoms with Crippen LogP contribution in [-0.4, -0.2) is 35.4 Å². The highest BCUT2D eigenvalue weighted by Gasteiger charge is 2.38. The maximum Gasteiger partial charge on any atom is 0.286 e. The second-order valence-corrected chi connectivity index (χ2v) is 10.8. The number of carbonyl (C=O) groups excluding carboxylic acids is 1. The SMILES string of the molecule is Cc1ccc(S(=O)(=O)N2CCCC2c2nnc(C(=O)Nc3ccc(Cl)cc3)s2)cc1C. The molecule has 2 heterocycles. The van der Waals surface area contributed by atoms with Gasteiger partial charge in [0.05, 0.1) is 10.9 Å². The fraction of sp³-hybridized carbons (Fsp3) is 0.286. The van der Waals surface area contributed by atoms with Gasteiger partial charge in [-0.1, -0.05) is 29.0 Å². The molecule has 2 aromatic carbocycles. The Balaban J connectivity index is 1.55. The molecule has 1 fully saturated rings. The van der Waals surface area contributed by atoms with Gasteiger partial charge in [0.2, 0.25) is 15.0 Å². The number of aromatic nitrogens is 2. The summed E-state index contributed by atoms with van der Waals surface area (Å²) in [5.74, 6) is -0.396. The van der Waals surface area contributed by atoms with Crippen molar-refractivity contribution in [3.63, 3.8) is 0 Å².